The lowest BCUT2D eigenvalue weighted by Crippen LogP contribution is -2.30. The number of hydrogen-bond donors (Lipinski definition) is 0. The molecule has 0 saturated heterocycles. The standard InChI is InChI=1S/C55H102O6/c1-4-7-10-13-16-18-20-22-24-25-26-27-28-29-30-31-33-34-36-39-42-45-48-54(57)60-51-52(50-59-53(56)47-44-41-38-15-12-9-6-3)61-55(58)49-46-43-40-37-35-32-23-21-19-17-14-11-8-5-2/h14,17,21,23,52H,4-13,15-16,18-20,22,24-51H2,1-3H3/b17-14-,23-21-. The molecule has 0 rings (SSSR count). The van der Waals surface area contributed by atoms with E-state index in [1.54, 1.807) is 0 Å². The van der Waals surface area contributed by atoms with Gasteiger partial charge in [0.2, 0.25) is 0 Å². The molecule has 358 valence electrons. The summed E-state index contributed by atoms with van der Waals surface area (Å²) in [5, 5.41) is 0. The Morgan fingerprint density at radius 2 is 0.607 bits per heavy atom. The van der Waals surface area contributed by atoms with Crippen molar-refractivity contribution in [1.82, 2.24) is 0 Å². The largest absolute Gasteiger partial charge is 0.462 e. The Balaban J connectivity index is 4.14. The van der Waals surface area contributed by atoms with E-state index in [9.17, 15) is 14.4 Å². The third kappa shape index (κ3) is 48.8. The van der Waals surface area contributed by atoms with Crippen LogP contribution in [0.4, 0.5) is 0 Å². The summed E-state index contributed by atoms with van der Waals surface area (Å²) >= 11 is 0. The topological polar surface area (TPSA) is 78.9 Å². The van der Waals surface area contributed by atoms with Crippen LogP contribution in [0.2, 0.25) is 0 Å². The molecule has 1 atom stereocenters. The molecule has 0 N–H and O–H groups in total. The van der Waals surface area contributed by atoms with Gasteiger partial charge in [-0.3, -0.25) is 14.4 Å². The lowest BCUT2D eigenvalue weighted by atomic mass is 10.0. The van der Waals surface area contributed by atoms with Crippen molar-refractivity contribution in [1.29, 1.82) is 0 Å². The number of carbonyl (C=O) groups excluding carboxylic acids is 3. The SMILES string of the molecule is CCCC/C=C\C/C=C\CCCCCCCC(=O)OC(COC(=O)CCCCCCCCC)COC(=O)CCCCCCCCCCCCCCCCCCCCCCCC. The van der Waals surface area contributed by atoms with Crippen molar-refractivity contribution in [2.45, 2.75) is 297 Å². The van der Waals surface area contributed by atoms with Crippen LogP contribution in [-0.4, -0.2) is 37.2 Å². The average Bonchev–Trinajstić information content (AvgIpc) is 3.26. The fourth-order valence-corrected chi connectivity index (χ4v) is 7.87. The fourth-order valence-electron chi connectivity index (χ4n) is 7.87. The number of carbonyl (C=O) groups is 3. The van der Waals surface area contributed by atoms with Crippen molar-refractivity contribution in [2.24, 2.45) is 0 Å². The molecule has 0 aliphatic heterocycles. The minimum absolute atomic E-state index is 0.0728. The molecule has 6 nitrogen and oxygen atoms in total. The van der Waals surface area contributed by atoms with E-state index in [0.717, 1.165) is 83.5 Å². The minimum atomic E-state index is -0.771. The maximum Gasteiger partial charge on any atom is 0.306 e. The van der Waals surface area contributed by atoms with Gasteiger partial charge in [0.25, 0.3) is 0 Å². The van der Waals surface area contributed by atoms with Crippen LogP contribution in [0.15, 0.2) is 24.3 Å². The van der Waals surface area contributed by atoms with Gasteiger partial charge in [-0.2, -0.15) is 0 Å². The van der Waals surface area contributed by atoms with Crippen LogP contribution in [0.1, 0.15) is 290 Å². The quantitative estimate of drug-likeness (QED) is 0.0262. The zero-order valence-electron chi connectivity index (χ0n) is 40.9. The molecule has 61 heavy (non-hydrogen) atoms. The summed E-state index contributed by atoms with van der Waals surface area (Å²) in [5.41, 5.74) is 0. The van der Waals surface area contributed by atoms with Gasteiger partial charge in [0, 0.05) is 19.3 Å². The number of ether oxygens (including phenoxy) is 3. The molecule has 0 aromatic carbocycles. The molecule has 0 saturated carbocycles. The highest BCUT2D eigenvalue weighted by Gasteiger charge is 2.19. The summed E-state index contributed by atoms with van der Waals surface area (Å²) in [4.78, 5) is 37.8. The van der Waals surface area contributed by atoms with Gasteiger partial charge < -0.3 is 14.2 Å². The first-order valence-electron chi connectivity index (χ1n) is 26.8. The number of hydrogen-bond acceptors (Lipinski definition) is 6. The Labute approximate surface area is 379 Å². The van der Waals surface area contributed by atoms with Gasteiger partial charge in [0.05, 0.1) is 0 Å². The second kappa shape index (κ2) is 50.5. The predicted octanol–water partition coefficient (Wildman–Crippen LogP) is 17.5. The molecule has 0 amide bonds. The lowest BCUT2D eigenvalue weighted by molar-refractivity contribution is -0.167. The van der Waals surface area contributed by atoms with Gasteiger partial charge in [-0.05, 0) is 44.9 Å². The van der Waals surface area contributed by atoms with E-state index in [-0.39, 0.29) is 31.1 Å². The van der Waals surface area contributed by atoms with Gasteiger partial charge in [-0.25, -0.2) is 0 Å². The van der Waals surface area contributed by atoms with Crippen LogP contribution in [-0.2, 0) is 28.6 Å². The van der Waals surface area contributed by atoms with E-state index < -0.39 is 6.10 Å². The van der Waals surface area contributed by atoms with E-state index in [1.807, 2.05) is 0 Å². The first-order chi connectivity index (χ1) is 30.0. The molecule has 0 aliphatic rings. The molecule has 0 bridgehead atoms. The highest BCUT2D eigenvalue weighted by Crippen LogP contribution is 2.17. The van der Waals surface area contributed by atoms with Crippen molar-refractivity contribution in [3.63, 3.8) is 0 Å². The second-order valence-corrected chi connectivity index (χ2v) is 18.2. The minimum Gasteiger partial charge on any atom is -0.462 e. The average molecular weight is 859 g/mol. The molecular formula is C55H102O6. The first kappa shape index (κ1) is 58.9. The number of rotatable bonds is 49. The number of allylic oxidation sites excluding steroid dienone is 4. The number of unbranched alkanes of at least 4 members (excludes halogenated alkanes) is 34. The molecule has 0 heterocycles. The third-order valence-corrected chi connectivity index (χ3v) is 12.0. The summed E-state index contributed by atoms with van der Waals surface area (Å²) in [6, 6.07) is 0. The van der Waals surface area contributed by atoms with Crippen molar-refractivity contribution in [3.8, 4) is 0 Å². The highest BCUT2D eigenvalue weighted by molar-refractivity contribution is 5.71. The van der Waals surface area contributed by atoms with Crippen molar-refractivity contribution >= 4 is 17.9 Å². The summed E-state index contributed by atoms with van der Waals surface area (Å²) in [6.07, 6.45) is 57.6. The van der Waals surface area contributed by atoms with Crippen LogP contribution in [0, 0.1) is 0 Å². The summed E-state index contributed by atoms with van der Waals surface area (Å²) in [7, 11) is 0. The molecule has 0 spiro atoms. The lowest BCUT2D eigenvalue weighted by Gasteiger charge is -2.18. The third-order valence-electron chi connectivity index (χ3n) is 12.0. The van der Waals surface area contributed by atoms with Crippen LogP contribution >= 0.6 is 0 Å². The van der Waals surface area contributed by atoms with E-state index >= 15 is 0 Å². The monoisotopic (exact) mass is 859 g/mol. The van der Waals surface area contributed by atoms with Crippen molar-refractivity contribution in [3.05, 3.63) is 24.3 Å². The van der Waals surface area contributed by atoms with E-state index in [4.69, 9.17) is 14.2 Å². The summed E-state index contributed by atoms with van der Waals surface area (Å²) in [5.74, 6) is -0.880. The normalized spacial score (nSPS) is 12.1. The number of esters is 3. The van der Waals surface area contributed by atoms with Gasteiger partial charge in [-0.15, -0.1) is 0 Å². The molecule has 1 unspecified atom stereocenters. The van der Waals surface area contributed by atoms with E-state index in [2.05, 4.69) is 45.1 Å². The Hall–Kier alpha value is -2.11. The molecule has 0 fully saturated rings. The molecular weight excluding hydrogens is 757 g/mol. The van der Waals surface area contributed by atoms with Gasteiger partial charge in [0.15, 0.2) is 6.10 Å². The van der Waals surface area contributed by atoms with Gasteiger partial charge >= 0.3 is 17.9 Å². The maximum atomic E-state index is 12.7. The molecule has 6 heteroatoms. The maximum absolute atomic E-state index is 12.7. The second-order valence-electron chi connectivity index (χ2n) is 18.2. The molecule has 0 aromatic heterocycles. The first-order valence-corrected chi connectivity index (χ1v) is 26.8. The van der Waals surface area contributed by atoms with Crippen molar-refractivity contribution < 1.29 is 28.6 Å². The Bertz CT molecular complexity index is 989. The fraction of sp³-hybridized carbons (Fsp3) is 0.873. The van der Waals surface area contributed by atoms with Crippen LogP contribution in [0.25, 0.3) is 0 Å². The Kier molecular flexibility index (Phi) is 48.8. The van der Waals surface area contributed by atoms with E-state index in [0.29, 0.717) is 19.3 Å². The smallest absolute Gasteiger partial charge is 0.306 e. The molecule has 0 radical (unpaired) electrons. The molecule has 0 aliphatic carbocycles. The van der Waals surface area contributed by atoms with Crippen molar-refractivity contribution in [2.75, 3.05) is 13.2 Å². The van der Waals surface area contributed by atoms with E-state index in [1.165, 1.54) is 167 Å². The van der Waals surface area contributed by atoms with Crippen LogP contribution < -0.4 is 0 Å². The van der Waals surface area contributed by atoms with Crippen LogP contribution in [0.3, 0.4) is 0 Å². The van der Waals surface area contributed by atoms with Crippen LogP contribution in [0.5, 0.6) is 0 Å². The summed E-state index contributed by atoms with van der Waals surface area (Å²) in [6.45, 7) is 6.58. The Morgan fingerprint density at radius 1 is 0.328 bits per heavy atom. The van der Waals surface area contributed by atoms with Gasteiger partial charge in [0.1, 0.15) is 13.2 Å². The zero-order valence-corrected chi connectivity index (χ0v) is 40.9. The van der Waals surface area contributed by atoms with Gasteiger partial charge in [-0.1, -0.05) is 251 Å². The Morgan fingerprint density at radius 3 is 0.951 bits per heavy atom. The zero-order chi connectivity index (χ0) is 44.4. The summed E-state index contributed by atoms with van der Waals surface area (Å²) < 4.78 is 16.7. The molecule has 0 aromatic rings. The highest BCUT2D eigenvalue weighted by atomic mass is 16.6. The predicted molar refractivity (Wildman–Crippen MR) is 261 cm³/mol.